The van der Waals surface area contributed by atoms with Gasteiger partial charge in [0.05, 0.1) is 11.0 Å². The molecule has 3 aromatic rings. The lowest BCUT2D eigenvalue weighted by molar-refractivity contribution is -0.133. The minimum Gasteiger partial charge on any atom is -0.341 e. The molecule has 1 saturated carbocycles. The molecule has 7 heteroatoms. The smallest absolute Gasteiger partial charge is 0.315 e. The second-order valence-electron chi connectivity index (χ2n) is 11.0. The number of likely N-dealkylation sites (N-methyl/N-ethyl adjacent to an activating group) is 1. The summed E-state index contributed by atoms with van der Waals surface area (Å²) in [6.07, 6.45) is 2.40. The van der Waals surface area contributed by atoms with E-state index < -0.39 is 11.0 Å². The first-order valence-electron chi connectivity index (χ1n) is 13.7. The summed E-state index contributed by atoms with van der Waals surface area (Å²) in [4.78, 5) is 30.6. The Kier molecular flexibility index (Phi) is 7.71. The second kappa shape index (κ2) is 11.2. The average molecular weight is 529 g/mol. The first-order valence-corrected chi connectivity index (χ1v) is 13.7. The SMILES string of the molecule is CNC(=O)NC1(c2ccccc2)CCN(CC2CC2(C(=O)N(C)Cc2ccc(F)cc2)c2ccccc2)CC1. The number of likely N-dealkylation sites (tertiary alicyclic amines) is 1. The van der Waals surface area contributed by atoms with Gasteiger partial charge in [0.1, 0.15) is 5.82 Å². The first kappa shape index (κ1) is 26.9. The van der Waals surface area contributed by atoms with E-state index in [1.54, 1.807) is 24.1 Å². The van der Waals surface area contributed by atoms with Crippen LogP contribution in [0, 0.1) is 11.7 Å². The Morgan fingerprint density at radius 1 is 0.923 bits per heavy atom. The molecular weight excluding hydrogens is 491 g/mol. The number of nitrogens with one attached hydrogen (secondary N) is 2. The number of benzene rings is 3. The Balaban J connectivity index is 1.30. The fourth-order valence-corrected chi connectivity index (χ4v) is 6.25. The van der Waals surface area contributed by atoms with Gasteiger partial charge in [-0.2, -0.15) is 0 Å². The number of piperidine rings is 1. The number of amides is 3. The zero-order chi connectivity index (χ0) is 27.5. The molecule has 0 radical (unpaired) electrons. The molecule has 2 N–H and O–H groups in total. The van der Waals surface area contributed by atoms with Gasteiger partial charge in [-0.15, -0.1) is 0 Å². The van der Waals surface area contributed by atoms with Crippen LogP contribution >= 0.6 is 0 Å². The van der Waals surface area contributed by atoms with Crippen molar-refractivity contribution >= 4 is 11.9 Å². The van der Waals surface area contributed by atoms with Crippen LogP contribution in [-0.2, 0) is 22.3 Å². The van der Waals surface area contributed by atoms with E-state index in [0.717, 1.165) is 55.6 Å². The quantitative estimate of drug-likeness (QED) is 0.447. The Hall–Kier alpha value is -3.71. The van der Waals surface area contributed by atoms with Gasteiger partial charge in [-0.05, 0) is 54.0 Å². The summed E-state index contributed by atoms with van der Waals surface area (Å²) in [5, 5.41) is 5.94. The maximum Gasteiger partial charge on any atom is 0.315 e. The zero-order valence-electron chi connectivity index (χ0n) is 22.7. The molecule has 204 valence electrons. The molecule has 2 aliphatic rings. The summed E-state index contributed by atoms with van der Waals surface area (Å²) >= 11 is 0. The Labute approximate surface area is 230 Å². The molecule has 39 heavy (non-hydrogen) atoms. The molecular formula is C32H37FN4O2. The van der Waals surface area contributed by atoms with Crippen LogP contribution in [0.25, 0.3) is 0 Å². The molecule has 2 atom stereocenters. The summed E-state index contributed by atoms with van der Waals surface area (Å²) in [5.41, 5.74) is 2.12. The monoisotopic (exact) mass is 528 g/mol. The number of carbonyl (C=O) groups is 2. The molecule has 5 rings (SSSR count). The third kappa shape index (κ3) is 5.55. The van der Waals surface area contributed by atoms with Crippen molar-refractivity contribution in [1.29, 1.82) is 0 Å². The summed E-state index contributed by atoms with van der Waals surface area (Å²) in [6, 6.07) is 26.5. The van der Waals surface area contributed by atoms with Crippen LogP contribution in [0.15, 0.2) is 84.9 Å². The van der Waals surface area contributed by atoms with Crippen molar-refractivity contribution in [2.45, 2.75) is 36.8 Å². The molecule has 1 saturated heterocycles. The van der Waals surface area contributed by atoms with Crippen molar-refractivity contribution in [2.75, 3.05) is 33.7 Å². The van der Waals surface area contributed by atoms with E-state index in [0.29, 0.717) is 6.54 Å². The van der Waals surface area contributed by atoms with E-state index in [4.69, 9.17) is 0 Å². The van der Waals surface area contributed by atoms with Crippen molar-refractivity contribution in [3.63, 3.8) is 0 Å². The number of hydrogen-bond acceptors (Lipinski definition) is 3. The lowest BCUT2D eigenvalue weighted by atomic mass is 9.80. The van der Waals surface area contributed by atoms with E-state index in [-0.39, 0.29) is 23.7 Å². The molecule has 1 aliphatic carbocycles. The Morgan fingerprint density at radius 3 is 2.10 bits per heavy atom. The highest BCUT2D eigenvalue weighted by Gasteiger charge is 2.62. The van der Waals surface area contributed by atoms with Crippen LogP contribution in [0.4, 0.5) is 9.18 Å². The molecule has 2 fully saturated rings. The van der Waals surface area contributed by atoms with Gasteiger partial charge in [0.25, 0.3) is 0 Å². The highest BCUT2D eigenvalue weighted by Crippen LogP contribution is 2.56. The molecule has 6 nitrogen and oxygen atoms in total. The average Bonchev–Trinajstić information content (AvgIpc) is 3.70. The molecule has 1 heterocycles. The van der Waals surface area contributed by atoms with Crippen molar-refractivity contribution in [1.82, 2.24) is 20.4 Å². The molecule has 3 aromatic carbocycles. The maximum atomic E-state index is 14.0. The van der Waals surface area contributed by atoms with Gasteiger partial charge in [0.2, 0.25) is 5.91 Å². The third-order valence-corrected chi connectivity index (χ3v) is 8.55. The Morgan fingerprint density at radius 2 is 1.51 bits per heavy atom. The summed E-state index contributed by atoms with van der Waals surface area (Å²) in [7, 11) is 3.48. The van der Waals surface area contributed by atoms with Crippen LogP contribution < -0.4 is 10.6 Å². The molecule has 0 spiro atoms. The van der Waals surface area contributed by atoms with Crippen molar-refractivity contribution in [3.8, 4) is 0 Å². The fourth-order valence-electron chi connectivity index (χ4n) is 6.25. The third-order valence-electron chi connectivity index (χ3n) is 8.55. The number of nitrogens with zero attached hydrogens (tertiary/aromatic N) is 2. The van der Waals surface area contributed by atoms with E-state index in [2.05, 4.69) is 39.8 Å². The molecule has 1 aliphatic heterocycles. The van der Waals surface area contributed by atoms with Crippen molar-refractivity contribution in [3.05, 3.63) is 107 Å². The molecule has 3 amide bonds. The number of urea groups is 1. The van der Waals surface area contributed by atoms with Crippen LogP contribution in [0.2, 0.25) is 0 Å². The minimum absolute atomic E-state index is 0.111. The number of rotatable bonds is 8. The Bertz CT molecular complexity index is 1280. The number of hydrogen-bond donors (Lipinski definition) is 2. The van der Waals surface area contributed by atoms with E-state index in [1.807, 2.05) is 43.4 Å². The lowest BCUT2D eigenvalue weighted by Gasteiger charge is -2.43. The van der Waals surface area contributed by atoms with Gasteiger partial charge in [-0.25, -0.2) is 9.18 Å². The summed E-state index contributed by atoms with van der Waals surface area (Å²) in [6.45, 7) is 2.94. The topological polar surface area (TPSA) is 64.7 Å². The standard InChI is InChI=1S/C32H37FN4O2/c1-34-30(39)35-31(25-9-5-3-6-10-25)17-19-37(20-18-31)23-27-21-32(27,26-11-7-4-8-12-26)29(38)36(2)22-24-13-15-28(33)16-14-24/h3-16,27H,17-23H2,1-2H3,(H2,34,35,39). The fraction of sp³-hybridized carbons (Fsp3) is 0.375. The van der Waals surface area contributed by atoms with E-state index >= 15 is 0 Å². The number of carbonyl (C=O) groups excluding carboxylic acids is 2. The maximum absolute atomic E-state index is 14.0. The van der Waals surface area contributed by atoms with Gasteiger partial charge < -0.3 is 20.4 Å². The first-order chi connectivity index (χ1) is 18.9. The van der Waals surface area contributed by atoms with Gasteiger partial charge in [-0.3, -0.25) is 4.79 Å². The predicted octanol–water partition coefficient (Wildman–Crippen LogP) is 4.66. The van der Waals surface area contributed by atoms with E-state index in [9.17, 15) is 14.0 Å². The highest BCUT2D eigenvalue weighted by atomic mass is 19.1. The largest absolute Gasteiger partial charge is 0.341 e. The predicted molar refractivity (Wildman–Crippen MR) is 150 cm³/mol. The summed E-state index contributed by atoms with van der Waals surface area (Å²) in [5.74, 6) is 0.0400. The molecule has 0 bridgehead atoms. The van der Waals surface area contributed by atoms with Gasteiger partial charge in [0, 0.05) is 40.3 Å². The number of halogens is 1. The van der Waals surface area contributed by atoms with Crippen LogP contribution in [0.1, 0.15) is 36.0 Å². The van der Waals surface area contributed by atoms with E-state index in [1.165, 1.54) is 12.1 Å². The van der Waals surface area contributed by atoms with Crippen LogP contribution in [0.3, 0.4) is 0 Å². The van der Waals surface area contributed by atoms with Gasteiger partial charge >= 0.3 is 6.03 Å². The normalized spacial score (nSPS) is 22.1. The summed E-state index contributed by atoms with van der Waals surface area (Å²) < 4.78 is 13.4. The van der Waals surface area contributed by atoms with Gasteiger partial charge in [0.15, 0.2) is 0 Å². The second-order valence-corrected chi connectivity index (χ2v) is 11.0. The lowest BCUT2D eigenvalue weighted by Crippen LogP contribution is -2.55. The van der Waals surface area contributed by atoms with Gasteiger partial charge in [-0.1, -0.05) is 72.8 Å². The van der Waals surface area contributed by atoms with Crippen molar-refractivity contribution in [2.24, 2.45) is 5.92 Å². The molecule has 2 unspecified atom stereocenters. The molecule has 0 aromatic heterocycles. The highest BCUT2D eigenvalue weighted by molar-refractivity contribution is 5.92. The van der Waals surface area contributed by atoms with Crippen molar-refractivity contribution < 1.29 is 14.0 Å². The van der Waals surface area contributed by atoms with Crippen LogP contribution in [0.5, 0.6) is 0 Å². The zero-order valence-corrected chi connectivity index (χ0v) is 22.7. The van der Waals surface area contributed by atoms with Crippen LogP contribution in [-0.4, -0.2) is 55.5 Å². The minimum atomic E-state index is -0.551.